The highest BCUT2D eigenvalue weighted by Gasteiger charge is 2.46. The summed E-state index contributed by atoms with van der Waals surface area (Å²) >= 11 is 0. The Kier molecular flexibility index (Phi) is 3.66. The molecular formula is C11H19NO5. The number of hydrogen-bond donors (Lipinski definition) is 2. The lowest BCUT2D eigenvalue weighted by Gasteiger charge is -2.27. The van der Waals surface area contributed by atoms with Gasteiger partial charge >= 0.3 is 12.1 Å². The van der Waals surface area contributed by atoms with E-state index in [1.54, 1.807) is 27.7 Å². The standard InChI is InChI=1S/C11H19NO5/c1-6-5-12(7(8(6)13)9(14)15)10(16)17-11(2,3)4/h6-8,13H,5H2,1-4H3,(H,14,15)/t6-,7-,8+/m0/s1. The van der Waals surface area contributed by atoms with Crippen LogP contribution in [-0.2, 0) is 9.53 Å². The summed E-state index contributed by atoms with van der Waals surface area (Å²) in [6, 6.07) is -1.22. The van der Waals surface area contributed by atoms with Crippen molar-refractivity contribution in [2.45, 2.75) is 45.4 Å². The van der Waals surface area contributed by atoms with Gasteiger partial charge in [0.2, 0.25) is 0 Å². The zero-order valence-corrected chi connectivity index (χ0v) is 10.5. The molecule has 6 nitrogen and oxygen atoms in total. The molecule has 1 rings (SSSR count). The van der Waals surface area contributed by atoms with Crippen molar-refractivity contribution in [3.8, 4) is 0 Å². The molecule has 3 atom stereocenters. The van der Waals surface area contributed by atoms with Crippen LogP contribution in [0.5, 0.6) is 0 Å². The second-order valence-corrected chi connectivity index (χ2v) is 5.38. The van der Waals surface area contributed by atoms with Crippen molar-refractivity contribution in [2.24, 2.45) is 5.92 Å². The van der Waals surface area contributed by atoms with E-state index in [1.165, 1.54) is 0 Å². The summed E-state index contributed by atoms with van der Waals surface area (Å²) in [5.41, 5.74) is -0.684. The molecule has 0 aromatic rings. The van der Waals surface area contributed by atoms with Crippen molar-refractivity contribution in [3.63, 3.8) is 0 Å². The van der Waals surface area contributed by atoms with Crippen molar-refractivity contribution in [1.29, 1.82) is 0 Å². The molecule has 17 heavy (non-hydrogen) atoms. The molecule has 0 radical (unpaired) electrons. The molecule has 1 amide bonds. The van der Waals surface area contributed by atoms with Gasteiger partial charge < -0.3 is 14.9 Å². The van der Waals surface area contributed by atoms with Crippen molar-refractivity contribution in [1.82, 2.24) is 4.90 Å². The van der Waals surface area contributed by atoms with Gasteiger partial charge in [-0.2, -0.15) is 0 Å². The zero-order chi connectivity index (χ0) is 13.4. The van der Waals surface area contributed by atoms with E-state index in [4.69, 9.17) is 9.84 Å². The van der Waals surface area contributed by atoms with E-state index < -0.39 is 29.8 Å². The first-order valence-electron chi connectivity index (χ1n) is 5.54. The van der Waals surface area contributed by atoms with Crippen LogP contribution in [0.2, 0.25) is 0 Å². The third-order valence-corrected chi connectivity index (χ3v) is 2.61. The number of hydrogen-bond acceptors (Lipinski definition) is 4. The Labute approximate surface area is 100 Å². The Morgan fingerprint density at radius 3 is 2.29 bits per heavy atom. The van der Waals surface area contributed by atoms with Gasteiger partial charge in [-0.25, -0.2) is 9.59 Å². The molecule has 1 heterocycles. The topological polar surface area (TPSA) is 87.1 Å². The fourth-order valence-electron chi connectivity index (χ4n) is 1.82. The van der Waals surface area contributed by atoms with Gasteiger partial charge in [0.05, 0.1) is 6.10 Å². The van der Waals surface area contributed by atoms with Crippen molar-refractivity contribution in [3.05, 3.63) is 0 Å². The number of rotatable bonds is 1. The number of aliphatic hydroxyl groups is 1. The second-order valence-electron chi connectivity index (χ2n) is 5.38. The molecule has 0 unspecified atom stereocenters. The van der Waals surface area contributed by atoms with Crippen LogP contribution in [0, 0.1) is 5.92 Å². The van der Waals surface area contributed by atoms with Crippen LogP contribution < -0.4 is 0 Å². The fraction of sp³-hybridized carbons (Fsp3) is 0.818. The molecule has 0 saturated carbocycles. The number of carbonyl (C=O) groups is 2. The zero-order valence-electron chi connectivity index (χ0n) is 10.5. The first-order valence-corrected chi connectivity index (χ1v) is 5.54. The van der Waals surface area contributed by atoms with Crippen LogP contribution in [-0.4, -0.2) is 51.5 Å². The third-order valence-electron chi connectivity index (χ3n) is 2.61. The van der Waals surface area contributed by atoms with E-state index >= 15 is 0 Å². The molecule has 6 heteroatoms. The predicted octanol–water partition coefficient (Wildman–Crippen LogP) is 0.687. The normalized spacial score (nSPS) is 29.2. The highest BCUT2D eigenvalue weighted by atomic mass is 16.6. The Balaban J connectivity index is 2.82. The van der Waals surface area contributed by atoms with Gasteiger partial charge in [0.1, 0.15) is 5.60 Å². The largest absolute Gasteiger partial charge is 0.480 e. The van der Waals surface area contributed by atoms with Gasteiger partial charge in [-0.15, -0.1) is 0 Å². The first-order chi connectivity index (χ1) is 7.63. The Bertz CT molecular complexity index is 322. The minimum atomic E-state index is -1.22. The van der Waals surface area contributed by atoms with Crippen LogP contribution in [0.15, 0.2) is 0 Å². The van der Waals surface area contributed by atoms with E-state index in [0.29, 0.717) is 0 Å². The number of aliphatic hydroxyl groups excluding tert-OH is 1. The van der Waals surface area contributed by atoms with Gasteiger partial charge in [0.25, 0.3) is 0 Å². The Hall–Kier alpha value is -1.30. The minimum absolute atomic E-state index is 0.188. The lowest BCUT2D eigenvalue weighted by atomic mass is 10.0. The van der Waals surface area contributed by atoms with Gasteiger partial charge in [0.15, 0.2) is 6.04 Å². The van der Waals surface area contributed by atoms with E-state index in [0.717, 1.165) is 4.90 Å². The second kappa shape index (κ2) is 4.52. The summed E-state index contributed by atoms with van der Waals surface area (Å²) in [7, 11) is 0. The number of ether oxygens (including phenoxy) is 1. The maximum Gasteiger partial charge on any atom is 0.411 e. The average Bonchev–Trinajstić information content (AvgIpc) is 2.40. The molecule has 0 aliphatic carbocycles. The molecule has 1 aliphatic rings. The number of carbonyl (C=O) groups excluding carboxylic acids is 1. The number of aliphatic carboxylic acids is 1. The first kappa shape index (κ1) is 13.8. The number of carboxylic acid groups (broad SMARTS) is 1. The smallest absolute Gasteiger partial charge is 0.411 e. The van der Waals surface area contributed by atoms with E-state index in [1.807, 2.05) is 0 Å². The summed E-state index contributed by atoms with van der Waals surface area (Å²) in [5.74, 6) is -1.49. The molecule has 0 aromatic carbocycles. The molecule has 1 fully saturated rings. The van der Waals surface area contributed by atoms with E-state index in [2.05, 4.69) is 0 Å². The summed E-state index contributed by atoms with van der Waals surface area (Å²) in [5, 5.41) is 18.7. The average molecular weight is 245 g/mol. The molecular weight excluding hydrogens is 226 g/mol. The number of likely N-dealkylation sites (tertiary alicyclic amines) is 1. The van der Waals surface area contributed by atoms with Crippen LogP contribution in [0.1, 0.15) is 27.7 Å². The van der Waals surface area contributed by atoms with E-state index in [9.17, 15) is 14.7 Å². The lowest BCUT2D eigenvalue weighted by molar-refractivity contribution is -0.145. The third kappa shape index (κ3) is 3.09. The van der Waals surface area contributed by atoms with Gasteiger partial charge in [-0.1, -0.05) is 6.92 Å². The van der Waals surface area contributed by atoms with Gasteiger partial charge in [-0.05, 0) is 20.8 Å². The van der Waals surface area contributed by atoms with Gasteiger partial charge in [0, 0.05) is 12.5 Å². The van der Waals surface area contributed by atoms with Crippen LogP contribution in [0.4, 0.5) is 4.79 Å². The lowest BCUT2D eigenvalue weighted by Crippen LogP contribution is -2.47. The summed E-state index contributed by atoms with van der Waals surface area (Å²) in [6.07, 6.45) is -1.76. The molecule has 1 aliphatic heterocycles. The van der Waals surface area contributed by atoms with Gasteiger partial charge in [-0.3, -0.25) is 4.90 Å². The fourth-order valence-corrected chi connectivity index (χ4v) is 1.82. The minimum Gasteiger partial charge on any atom is -0.480 e. The molecule has 1 saturated heterocycles. The maximum atomic E-state index is 11.8. The quantitative estimate of drug-likeness (QED) is 0.709. The van der Waals surface area contributed by atoms with Crippen LogP contribution in [0.25, 0.3) is 0 Å². The monoisotopic (exact) mass is 245 g/mol. The van der Waals surface area contributed by atoms with E-state index in [-0.39, 0.29) is 12.5 Å². The molecule has 0 bridgehead atoms. The van der Waals surface area contributed by atoms with Crippen LogP contribution in [0.3, 0.4) is 0 Å². The molecule has 0 spiro atoms. The number of nitrogens with zero attached hydrogens (tertiary/aromatic N) is 1. The number of carboxylic acids is 1. The molecule has 0 aromatic heterocycles. The number of amides is 1. The Morgan fingerprint density at radius 2 is 1.88 bits per heavy atom. The summed E-state index contributed by atoms with van der Waals surface area (Å²) < 4.78 is 5.11. The van der Waals surface area contributed by atoms with Crippen molar-refractivity contribution >= 4 is 12.1 Å². The van der Waals surface area contributed by atoms with Crippen molar-refractivity contribution in [2.75, 3.05) is 6.54 Å². The molecule has 2 N–H and O–H groups in total. The van der Waals surface area contributed by atoms with Crippen LogP contribution >= 0.6 is 0 Å². The Morgan fingerprint density at radius 1 is 1.35 bits per heavy atom. The maximum absolute atomic E-state index is 11.8. The summed E-state index contributed by atoms with van der Waals surface area (Å²) in [4.78, 5) is 23.9. The highest BCUT2D eigenvalue weighted by molar-refractivity contribution is 5.81. The summed E-state index contributed by atoms with van der Waals surface area (Å²) in [6.45, 7) is 7.00. The highest BCUT2D eigenvalue weighted by Crippen LogP contribution is 2.25. The SMILES string of the molecule is C[C@H]1CN(C(=O)OC(C)(C)C)[C@H](C(=O)O)[C@@H]1O. The molecule has 98 valence electrons. The van der Waals surface area contributed by atoms with Crippen molar-refractivity contribution < 1.29 is 24.5 Å². The predicted molar refractivity (Wildman–Crippen MR) is 59.5 cm³/mol.